The van der Waals surface area contributed by atoms with E-state index in [2.05, 4.69) is 10.3 Å². The Morgan fingerprint density at radius 1 is 1.41 bits per heavy atom. The SMILES string of the molecule is CC(C)COC(=NCCN(C)C)NC(=O)c1cccc(F)c1. The van der Waals surface area contributed by atoms with Crippen molar-refractivity contribution in [3.05, 3.63) is 35.6 Å². The molecule has 1 rings (SSSR count). The van der Waals surface area contributed by atoms with Crippen LogP contribution in [0.25, 0.3) is 0 Å². The molecule has 1 aromatic carbocycles. The summed E-state index contributed by atoms with van der Waals surface area (Å²) in [6, 6.07) is 5.66. The van der Waals surface area contributed by atoms with E-state index >= 15 is 0 Å². The fourth-order valence-corrected chi connectivity index (χ4v) is 1.52. The molecule has 22 heavy (non-hydrogen) atoms. The summed E-state index contributed by atoms with van der Waals surface area (Å²) < 4.78 is 18.7. The molecule has 0 radical (unpaired) electrons. The second-order valence-electron chi connectivity index (χ2n) is 5.66. The normalized spacial score (nSPS) is 11.9. The van der Waals surface area contributed by atoms with Gasteiger partial charge in [0.05, 0.1) is 13.2 Å². The lowest BCUT2D eigenvalue weighted by molar-refractivity contribution is 0.0962. The summed E-state index contributed by atoms with van der Waals surface area (Å²) in [5.74, 6) is -0.584. The van der Waals surface area contributed by atoms with Crippen molar-refractivity contribution in [3.63, 3.8) is 0 Å². The van der Waals surface area contributed by atoms with Gasteiger partial charge in [-0.15, -0.1) is 0 Å². The maximum atomic E-state index is 13.2. The van der Waals surface area contributed by atoms with Gasteiger partial charge in [-0.3, -0.25) is 10.1 Å². The summed E-state index contributed by atoms with van der Waals surface area (Å²) in [7, 11) is 3.88. The number of carbonyl (C=O) groups excluding carboxylic acids is 1. The van der Waals surface area contributed by atoms with E-state index in [1.165, 1.54) is 24.3 Å². The van der Waals surface area contributed by atoms with Gasteiger partial charge in [-0.1, -0.05) is 19.9 Å². The second-order valence-corrected chi connectivity index (χ2v) is 5.66. The third-order valence-electron chi connectivity index (χ3n) is 2.66. The van der Waals surface area contributed by atoms with Crippen molar-refractivity contribution < 1.29 is 13.9 Å². The van der Waals surface area contributed by atoms with Gasteiger partial charge >= 0.3 is 0 Å². The average Bonchev–Trinajstić information content (AvgIpc) is 2.44. The molecule has 0 fully saturated rings. The topological polar surface area (TPSA) is 53.9 Å². The molecule has 0 saturated heterocycles. The molecule has 0 unspecified atom stereocenters. The van der Waals surface area contributed by atoms with Gasteiger partial charge in [-0.05, 0) is 38.2 Å². The van der Waals surface area contributed by atoms with Crippen LogP contribution in [0.4, 0.5) is 4.39 Å². The van der Waals surface area contributed by atoms with Crippen molar-refractivity contribution in [1.29, 1.82) is 0 Å². The molecule has 0 bridgehead atoms. The molecule has 6 heteroatoms. The van der Waals surface area contributed by atoms with E-state index in [1.807, 2.05) is 32.8 Å². The second kappa shape index (κ2) is 9.15. The molecular formula is C16H24FN3O2. The van der Waals surface area contributed by atoms with Crippen LogP contribution < -0.4 is 5.32 Å². The van der Waals surface area contributed by atoms with Crippen molar-refractivity contribution in [3.8, 4) is 0 Å². The van der Waals surface area contributed by atoms with Crippen molar-refractivity contribution in [2.75, 3.05) is 33.8 Å². The molecule has 0 saturated carbocycles. The molecule has 0 heterocycles. The van der Waals surface area contributed by atoms with Gasteiger partial charge < -0.3 is 9.64 Å². The number of hydrogen-bond donors (Lipinski definition) is 1. The Bertz CT molecular complexity index is 516. The first-order valence-electron chi connectivity index (χ1n) is 7.27. The number of likely N-dealkylation sites (N-methyl/N-ethyl adjacent to an activating group) is 1. The molecule has 0 spiro atoms. The van der Waals surface area contributed by atoms with Crippen LogP contribution in [0.3, 0.4) is 0 Å². The van der Waals surface area contributed by atoms with Crippen LogP contribution in [-0.2, 0) is 4.74 Å². The van der Waals surface area contributed by atoms with E-state index in [4.69, 9.17) is 4.74 Å². The molecule has 0 aliphatic heterocycles. The van der Waals surface area contributed by atoms with Gasteiger partial charge in [0.15, 0.2) is 0 Å². The third kappa shape index (κ3) is 7.17. The average molecular weight is 309 g/mol. The van der Waals surface area contributed by atoms with Gasteiger partial charge in [-0.25, -0.2) is 9.38 Å². The Morgan fingerprint density at radius 2 is 2.14 bits per heavy atom. The zero-order valence-corrected chi connectivity index (χ0v) is 13.6. The molecule has 1 N–H and O–H groups in total. The minimum absolute atomic E-state index is 0.171. The van der Waals surface area contributed by atoms with Crippen molar-refractivity contribution in [2.45, 2.75) is 13.8 Å². The molecular weight excluding hydrogens is 285 g/mol. The minimum Gasteiger partial charge on any atom is -0.465 e. The number of nitrogens with one attached hydrogen (secondary N) is 1. The first kappa shape index (κ1) is 18.1. The Balaban J connectivity index is 2.71. The zero-order valence-electron chi connectivity index (χ0n) is 13.6. The predicted molar refractivity (Wildman–Crippen MR) is 85.5 cm³/mol. The number of rotatable bonds is 6. The van der Waals surface area contributed by atoms with Crippen molar-refractivity contribution in [1.82, 2.24) is 10.2 Å². The summed E-state index contributed by atoms with van der Waals surface area (Å²) in [4.78, 5) is 18.3. The Morgan fingerprint density at radius 3 is 2.73 bits per heavy atom. The van der Waals surface area contributed by atoms with E-state index in [-0.39, 0.29) is 11.6 Å². The Labute approximate surface area is 131 Å². The number of ether oxygens (including phenoxy) is 1. The van der Waals surface area contributed by atoms with E-state index in [0.717, 1.165) is 6.54 Å². The van der Waals surface area contributed by atoms with Crippen LogP contribution >= 0.6 is 0 Å². The first-order chi connectivity index (χ1) is 10.4. The lowest BCUT2D eigenvalue weighted by Gasteiger charge is -2.13. The molecule has 0 aliphatic carbocycles. The highest BCUT2D eigenvalue weighted by Gasteiger charge is 2.11. The minimum atomic E-state index is -0.457. The molecule has 5 nitrogen and oxygen atoms in total. The van der Waals surface area contributed by atoms with Gasteiger partial charge in [0.1, 0.15) is 5.82 Å². The predicted octanol–water partition coefficient (Wildman–Crippen LogP) is 2.15. The van der Waals surface area contributed by atoms with Crippen LogP contribution in [0, 0.1) is 11.7 Å². The molecule has 1 amide bonds. The summed E-state index contributed by atoms with van der Waals surface area (Å²) in [6.07, 6.45) is 0. The number of amidine groups is 1. The smallest absolute Gasteiger partial charge is 0.291 e. The van der Waals surface area contributed by atoms with Gasteiger partial charge in [0.25, 0.3) is 11.9 Å². The zero-order chi connectivity index (χ0) is 16.5. The summed E-state index contributed by atoms with van der Waals surface area (Å²) >= 11 is 0. The van der Waals surface area contributed by atoms with Crippen molar-refractivity contribution >= 4 is 11.9 Å². The van der Waals surface area contributed by atoms with Crippen LogP contribution in [-0.4, -0.2) is 50.6 Å². The molecule has 1 aromatic rings. The monoisotopic (exact) mass is 309 g/mol. The fraction of sp³-hybridized carbons (Fsp3) is 0.500. The molecule has 0 aliphatic rings. The van der Waals surface area contributed by atoms with E-state index < -0.39 is 11.7 Å². The van der Waals surface area contributed by atoms with E-state index in [1.54, 1.807) is 0 Å². The summed E-state index contributed by atoms with van der Waals surface area (Å²) in [5.41, 5.74) is 0.230. The van der Waals surface area contributed by atoms with Gasteiger partial charge in [0, 0.05) is 12.1 Å². The van der Waals surface area contributed by atoms with Crippen LogP contribution in [0.2, 0.25) is 0 Å². The Kier molecular flexibility index (Phi) is 7.52. The summed E-state index contributed by atoms with van der Waals surface area (Å²) in [5, 5.41) is 2.59. The number of hydrogen-bond acceptors (Lipinski definition) is 4. The number of benzene rings is 1. The number of amides is 1. The number of carbonyl (C=O) groups is 1. The Hall–Kier alpha value is -1.95. The van der Waals surface area contributed by atoms with E-state index in [9.17, 15) is 9.18 Å². The maximum absolute atomic E-state index is 13.2. The van der Waals surface area contributed by atoms with E-state index in [0.29, 0.717) is 19.1 Å². The van der Waals surface area contributed by atoms with Gasteiger partial charge in [0.2, 0.25) is 0 Å². The summed E-state index contributed by atoms with van der Waals surface area (Å²) in [6.45, 7) is 5.70. The largest absolute Gasteiger partial charge is 0.465 e. The first-order valence-corrected chi connectivity index (χ1v) is 7.27. The van der Waals surface area contributed by atoms with Crippen LogP contribution in [0.1, 0.15) is 24.2 Å². The van der Waals surface area contributed by atoms with Crippen LogP contribution in [0.5, 0.6) is 0 Å². The number of aliphatic imine (C=N–C) groups is 1. The lowest BCUT2D eigenvalue weighted by Crippen LogP contribution is -2.34. The highest BCUT2D eigenvalue weighted by Crippen LogP contribution is 2.03. The molecule has 0 atom stereocenters. The van der Waals surface area contributed by atoms with Gasteiger partial charge in [-0.2, -0.15) is 0 Å². The van der Waals surface area contributed by atoms with Crippen molar-refractivity contribution in [2.24, 2.45) is 10.9 Å². The van der Waals surface area contributed by atoms with Crippen LogP contribution in [0.15, 0.2) is 29.3 Å². The number of halogens is 1. The molecule has 0 aromatic heterocycles. The maximum Gasteiger partial charge on any atom is 0.291 e. The quantitative estimate of drug-likeness (QED) is 0.647. The lowest BCUT2D eigenvalue weighted by atomic mass is 10.2. The highest BCUT2D eigenvalue weighted by atomic mass is 19.1. The highest BCUT2D eigenvalue weighted by molar-refractivity contribution is 6.04. The molecule has 122 valence electrons. The fourth-order valence-electron chi connectivity index (χ4n) is 1.52. The standard InChI is InChI=1S/C16H24FN3O2/c1-12(2)11-22-16(18-8-9-20(3)4)19-15(21)13-6-5-7-14(17)10-13/h5-7,10,12H,8-9,11H2,1-4H3,(H,18,19,21). The number of nitrogens with zero attached hydrogens (tertiary/aromatic N) is 2. The third-order valence-corrected chi connectivity index (χ3v) is 2.66.